The molecular weight excluding hydrogens is 456 g/mol. The zero-order chi connectivity index (χ0) is 23.4. The molecule has 0 bridgehead atoms. The Labute approximate surface area is 187 Å². The van der Waals surface area contributed by atoms with E-state index >= 15 is 0 Å². The van der Waals surface area contributed by atoms with E-state index in [1.165, 1.54) is 24.3 Å². The smallest absolute Gasteiger partial charge is 0.338 e. The lowest BCUT2D eigenvalue weighted by Crippen LogP contribution is -2.48. The van der Waals surface area contributed by atoms with Gasteiger partial charge in [0.05, 0.1) is 27.5 Å². The van der Waals surface area contributed by atoms with Crippen LogP contribution >= 0.6 is 0 Å². The van der Waals surface area contributed by atoms with Gasteiger partial charge in [0, 0.05) is 6.54 Å². The zero-order valence-corrected chi connectivity index (χ0v) is 19.0. The predicted molar refractivity (Wildman–Crippen MR) is 117 cm³/mol. The van der Waals surface area contributed by atoms with Crippen molar-refractivity contribution in [3.05, 3.63) is 65.7 Å². The molecule has 9 nitrogen and oxygen atoms in total. The first-order chi connectivity index (χ1) is 15.0. The highest BCUT2D eigenvalue weighted by atomic mass is 32.2. The summed E-state index contributed by atoms with van der Waals surface area (Å²) in [7, 11) is -7.08. The average molecular weight is 481 g/mol. The van der Waals surface area contributed by atoms with Crippen LogP contribution in [0.25, 0.3) is 0 Å². The summed E-state index contributed by atoms with van der Waals surface area (Å²) in [5.74, 6) is -1.69. The summed E-state index contributed by atoms with van der Waals surface area (Å²) < 4.78 is 55.8. The molecule has 0 aromatic heterocycles. The van der Waals surface area contributed by atoms with Crippen LogP contribution in [0.4, 0.5) is 0 Å². The van der Waals surface area contributed by atoms with Crippen molar-refractivity contribution in [2.45, 2.75) is 30.3 Å². The number of rotatable bonds is 8. The fraction of sp³-hybridized carbons (Fsp3) is 0.333. The first kappa shape index (κ1) is 23.9. The Morgan fingerprint density at radius 2 is 1.81 bits per heavy atom. The molecule has 2 aromatic carbocycles. The van der Waals surface area contributed by atoms with Gasteiger partial charge in [-0.1, -0.05) is 36.4 Å². The Morgan fingerprint density at radius 1 is 1.09 bits per heavy atom. The average Bonchev–Trinajstić information content (AvgIpc) is 3.03. The summed E-state index contributed by atoms with van der Waals surface area (Å²) in [6.07, 6.45) is 0.283. The molecule has 1 atom stereocenters. The maximum absolute atomic E-state index is 12.6. The second-order valence-electron chi connectivity index (χ2n) is 7.86. The van der Waals surface area contributed by atoms with Crippen molar-refractivity contribution in [3.63, 3.8) is 0 Å². The van der Waals surface area contributed by atoms with Gasteiger partial charge in [-0.3, -0.25) is 4.79 Å². The normalized spacial score (nSPS) is 19.9. The monoisotopic (exact) mass is 480 g/mol. The summed E-state index contributed by atoms with van der Waals surface area (Å²) in [6, 6.07) is 14.3. The summed E-state index contributed by atoms with van der Waals surface area (Å²) in [5.41, 5.74) is -0.155. The third kappa shape index (κ3) is 6.38. The molecule has 1 heterocycles. The minimum Gasteiger partial charge on any atom is -0.452 e. The Bertz CT molecular complexity index is 1210. The Balaban J connectivity index is 1.58. The summed E-state index contributed by atoms with van der Waals surface area (Å²) >= 11 is 0. The van der Waals surface area contributed by atoms with Crippen LogP contribution < -0.4 is 10.0 Å². The molecule has 1 aliphatic heterocycles. The minimum atomic E-state index is -3.87. The van der Waals surface area contributed by atoms with Gasteiger partial charge < -0.3 is 10.1 Å². The highest BCUT2D eigenvalue weighted by molar-refractivity contribution is 7.91. The Hall–Kier alpha value is -2.76. The van der Waals surface area contributed by atoms with Crippen molar-refractivity contribution in [1.29, 1.82) is 0 Å². The molecule has 0 aliphatic carbocycles. The number of esters is 1. The minimum absolute atomic E-state index is 0.0108. The van der Waals surface area contributed by atoms with Crippen molar-refractivity contribution in [2.75, 3.05) is 18.1 Å². The number of benzene rings is 2. The number of carbonyl (C=O) groups is 2. The lowest BCUT2D eigenvalue weighted by molar-refractivity contribution is -0.125. The van der Waals surface area contributed by atoms with Crippen molar-refractivity contribution < 1.29 is 31.2 Å². The van der Waals surface area contributed by atoms with Crippen LogP contribution in [0.2, 0.25) is 0 Å². The molecule has 0 radical (unpaired) electrons. The van der Waals surface area contributed by atoms with Crippen LogP contribution in [0.1, 0.15) is 29.3 Å². The van der Waals surface area contributed by atoms with Crippen molar-refractivity contribution in [3.8, 4) is 0 Å². The van der Waals surface area contributed by atoms with Gasteiger partial charge in [0.1, 0.15) is 0 Å². The zero-order valence-electron chi connectivity index (χ0n) is 17.4. The number of sulfone groups is 1. The van der Waals surface area contributed by atoms with Crippen LogP contribution in [-0.2, 0) is 35.9 Å². The van der Waals surface area contributed by atoms with Crippen molar-refractivity contribution in [2.24, 2.45) is 0 Å². The van der Waals surface area contributed by atoms with E-state index < -0.39 is 43.9 Å². The first-order valence-corrected chi connectivity index (χ1v) is 13.1. The summed E-state index contributed by atoms with van der Waals surface area (Å²) in [5, 5.41) is 2.58. The van der Waals surface area contributed by atoms with Crippen molar-refractivity contribution >= 4 is 31.7 Å². The molecule has 0 saturated carbocycles. The summed E-state index contributed by atoms with van der Waals surface area (Å²) in [6.45, 7) is 1.10. The number of hydrogen-bond donors (Lipinski definition) is 2. The lowest BCUT2D eigenvalue weighted by Gasteiger charge is -2.23. The molecule has 1 saturated heterocycles. The topological polar surface area (TPSA) is 136 Å². The van der Waals surface area contributed by atoms with E-state index in [1.54, 1.807) is 31.2 Å². The summed E-state index contributed by atoms with van der Waals surface area (Å²) in [4.78, 5) is 24.3. The molecule has 11 heteroatoms. The Morgan fingerprint density at radius 3 is 2.47 bits per heavy atom. The van der Waals surface area contributed by atoms with E-state index in [2.05, 4.69) is 10.0 Å². The van der Waals surface area contributed by atoms with Gasteiger partial charge in [0.25, 0.3) is 5.91 Å². The van der Waals surface area contributed by atoms with Crippen LogP contribution in [-0.4, -0.2) is 52.4 Å². The van der Waals surface area contributed by atoms with Gasteiger partial charge in [-0.15, -0.1) is 0 Å². The highest BCUT2D eigenvalue weighted by Gasteiger charge is 2.39. The fourth-order valence-electron chi connectivity index (χ4n) is 3.34. The largest absolute Gasteiger partial charge is 0.452 e. The molecule has 1 fully saturated rings. The second kappa shape index (κ2) is 9.39. The van der Waals surface area contributed by atoms with E-state index in [-0.39, 0.29) is 34.9 Å². The predicted octanol–water partition coefficient (Wildman–Crippen LogP) is 1.02. The number of carbonyl (C=O) groups excluding carboxylic acids is 2. The first-order valence-electron chi connectivity index (χ1n) is 9.80. The van der Waals surface area contributed by atoms with Crippen LogP contribution in [0.15, 0.2) is 59.5 Å². The van der Waals surface area contributed by atoms with Gasteiger partial charge in [0.15, 0.2) is 16.4 Å². The molecule has 172 valence electrons. The molecule has 3 rings (SSSR count). The standard InChI is InChI=1S/C21H24N2O7S2/c1-21(10-11-31(26,27)15-21)23-19(24)14-30-20(25)17-8-5-9-18(12-17)32(28,29)22-13-16-6-3-2-4-7-16/h2-9,12,22H,10-11,13-15H2,1H3,(H,23,24). The maximum Gasteiger partial charge on any atom is 0.338 e. The number of sulfonamides is 1. The fourth-order valence-corrected chi connectivity index (χ4v) is 6.50. The number of ether oxygens (including phenoxy) is 1. The molecule has 1 unspecified atom stereocenters. The van der Waals surface area contributed by atoms with Gasteiger partial charge in [-0.05, 0) is 37.1 Å². The third-order valence-electron chi connectivity index (χ3n) is 4.97. The SMILES string of the molecule is CC1(NC(=O)COC(=O)c2cccc(S(=O)(=O)NCc3ccccc3)c2)CCS(=O)(=O)C1. The quantitative estimate of drug-likeness (QED) is 0.538. The van der Waals surface area contributed by atoms with E-state index in [0.29, 0.717) is 0 Å². The van der Waals surface area contributed by atoms with E-state index in [0.717, 1.165) is 5.56 Å². The van der Waals surface area contributed by atoms with Gasteiger partial charge in [-0.25, -0.2) is 26.4 Å². The molecule has 1 aliphatic rings. The molecular formula is C21H24N2O7S2. The highest BCUT2D eigenvalue weighted by Crippen LogP contribution is 2.22. The molecule has 32 heavy (non-hydrogen) atoms. The Kier molecular flexibility index (Phi) is 7.01. The van der Waals surface area contributed by atoms with E-state index in [9.17, 15) is 26.4 Å². The molecule has 2 N–H and O–H groups in total. The second-order valence-corrected chi connectivity index (χ2v) is 11.8. The van der Waals surface area contributed by atoms with Gasteiger partial charge in [-0.2, -0.15) is 0 Å². The van der Waals surface area contributed by atoms with E-state index in [4.69, 9.17) is 4.74 Å². The van der Waals surface area contributed by atoms with Gasteiger partial charge >= 0.3 is 5.97 Å². The number of amides is 1. The van der Waals surface area contributed by atoms with Gasteiger partial charge in [0.2, 0.25) is 10.0 Å². The number of nitrogens with one attached hydrogen (secondary N) is 2. The molecule has 0 spiro atoms. The molecule has 2 aromatic rings. The van der Waals surface area contributed by atoms with Crippen LogP contribution in [0, 0.1) is 0 Å². The van der Waals surface area contributed by atoms with Crippen LogP contribution in [0.5, 0.6) is 0 Å². The maximum atomic E-state index is 12.6. The number of hydrogen-bond acceptors (Lipinski definition) is 7. The third-order valence-corrected chi connectivity index (χ3v) is 8.27. The van der Waals surface area contributed by atoms with E-state index in [1.807, 2.05) is 6.07 Å². The van der Waals surface area contributed by atoms with Crippen LogP contribution in [0.3, 0.4) is 0 Å². The molecule has 1 amide bonds. The lowest BCUT2D eigenvalue weighted by atomic mass is 10.0. The van der Waals surface area contributed by atoms with Crippen molar-refractivity contribution in [1.82, 2.24) is 10.0 Å².